The fraction of sp³-hybridized carbons (Fsp3) is 0.100. The summed E-state index contributed by atoms with van der Waals surface area (Å²) in [4.78, 5) is 10.7. The fourth-order valence-corrected chi connectivity index (χ4v) is 1.37. The van der Waals surface area contributed by atoms with Crippen LogP contribution in [-0.4, -0.2) is 17.1 Å². The van der Waals surface area contributed by atoms with Crippen LogP contribution in [0.2, 0.25) is 0 Å². The van der Waals surface area contributed by atoms with E-state index in [9.17, 15) is 4.79 Å². The number of halogens is 1. The van der Waals surface area contributed by atoms with Crippen molar-refractivity contribution in [2.24, 2.45) is 0 Å². The molecule has 0 aliphatic heterocycles. The van der Waals surface area contributed by atoms with Crippen molar-refractivity contribution >= 4 is 27.6 Å². The van der Waals surface area contributed by atoms with Crippen LogP contribution in [0.15, 0.2) is 41.4 Å². The third kappa shape index (κ3) is 2.60. The molecule has 3 nitrogen and oxygen atoms in total. The minimum absolute atomic E-state index is 0.736. The highest BCUT2D eigenvalue weighted by atomic mass is 79.9. The number of nitrogens with one attached hydrogen (secondary N) is 1. The molecule has 0 aromatic heterocycles. The number of carboxylic acids is 1. The Kier molecular flexibility index (Phi) is 3.71. The van der Waals surface area contributed by atoms with Crippen molar-refractivity contribution in [3.05, 3.63) is 41.4 Å². The summed E-state index contributed by atoms with van der Waals surface area (Å²) in [6, 6.07) is 6.55. The Morgan fingerprint density at radius 2 is 2.21 bits per heavy atom. The highest BCUT2D eigenvalue weighted by Crippen LogP contribution is 2.21. The molecule has 0 radical (unpaired) electrons. The number of anilines is 1. The van der Waals surface area contributed by atoms with Gasteiger partial charge in [0.15, 0.2) is 0 Å². The molecule has 1 rings (SSSR count). The van der Waals surface area contributed by atoms with E-state index in [-0.39, 0.29) is 0 Å². The van der Waals surface area contributed by atoms with Crippen LogP contribution in [0, 0.1) is 0 Å². The van der Waals surface area contributed by atoms with Crippen LogP contribution in [0.5, 0.6) is 0 Å². The standard InChI is InChI=1S/C10H10BrNO2/c1-2-8(10(13)14)12-9-6-4-3-5-7(9)11/h2-6,8,12H,1H2,(H,13,14). The third-order valence-electron chi connectivity index (χ3n) is 1.69. The second-order valence-electron chi connectivity index (χ2n) is 2.68. The molecule has 0 heterocycles. The summed E-state index contributed by atoms with van der Waals surface area (Å²) in [5.41, 5.74) is 0.736. The summed E-state index contributed by atoms with van der Waals surface area (Å²) in [6.45, 7) is 3.45. The highest BCUT2D eigenvalue weighted by molar-refractivity contribution is 9.10. The summed E-state index contributed by atoms with van der Waals surface area (Å²) in [5, 5.41) is 11.6. The number of aliphatic carboxylic acids is 1. The molecule has 0 aliphatic carbocycles. The van der Waals surface area contributed by atoms with Crippen LogP contribution in [0.25, 0.3) is 0 Å². The lowest BCUT2D eigenvalue weighted by atomic mass is 10.2. The van der Waals surface area contributed by atoms with E-state index >= 15 is 0 Å². The smallest absolute Gasteiger partial charge is 0.330 e. The van der Waals surface area contributed by atoms with E-state index in [1.807, 2.05) is 18.2 Å². The molecule has 0 fully saturated rings. The molecule has 0 amide bonds. The Morgan fingerprint density at radius 3 is 2.71 bits per heavy atom. The van der Waals surface area contributed by atoms with Gasteiger partial charge in [-0.3, -0.25) is 0 Å². The molecule has 0 bridgehead atoms. The second kappa shape index (κ2) is 4.81. The number of para-hydroxylation sites is 1. The highest BCUT2D eigenvalue weighted by Gasteiger charge is 2.13. The first-order valence-electron chi connectivity index (χ1n) is 4.01. The van der Waals surface area contributed by atoms with Crippen LogP contribution < -0.4 is 5.32 Å². The fourth-order valence-electron chi connectivity index (χ4n) is 0.967. The van der Waals surface area contributed by atoms with Crippen LogP contribution in [0.3, 0.4) is 0 Å². The molecule has 0 saturated carbocycles. The van der Waals surface area contributed by atoms with Gasteiger partial charge >= 0.3 is 5.97 Å². The number of rotatable bonds is 4. The number of benzene rings is 1. The number of hydrogen-bond donors (Lipinski definition) is 2. The summed E-state index contributed by atoms with van der Waals surface area (Å²) in [7, 11) is 0. The van der Waals surface area contributed by atoms with Crippen molar-refractivity contribution in [3.63, 3.8) is 0 Å². The molecule has 0 spiro atoms. The van der Waals surface area contributed by atoms with Gasteiger partial charge in [-0.2, -0.15) is 0 Å². The van der Waals surface area contributed by atoms with Crippen molar-refractivity contribution < 1.29 is 9.90 Å². The lowest BCUT2D eigenvalue weighted by Gasteiger charge is -2.12. The predicted molar refractivity (Wildman–Crippen MR) is 59.4 cm³/mol. The van der Waals surface area contributed by atoms with E-state index in [1.54, 1.807) is 6.07 Å². The average Bonchev–Trinajstić information content (AvgIpc) is 2.16. The Balaban J connectivity index is 2.82. The van der Waals surface area contributed by atoms with Crippen LogP contribution >= 0.6 is 15.9 Å². The van der Waals surface area contributed by atoms with Gasteiger partial charge in [0.25, 0.3) is 0 Å². The second-order valence-corrected chi connectivity index (χ2v) is 3.53. The van der Waals surface area contributed by atoms with E-state index in [0.29, 0.717) is 0 Å². The van der Waals surface area contributed by atoms with E-state index in [0.717, 1.165) is 10.2 Å². The Hall–Kier alpha value is -1.29. The predicted octanol–water partition coefficient (Wildman–Crippen LogP) is 2.50. The van der Waals surface area contributed by atoms with E-state index < -0.39 is 12.0 Å². The van der Waals surface area contributed by atoms with Crippen molar-refractivity contribution in [2.45, 2.75) is 6.04 Å². The molecule has 1 atom stereocenters. The summed E-state index contributed by atoms with van der Waals surface area (Å²) < 4.78 is 0.827. The maximum Gasteiger partial charge on any atom is 0.330 e. The third-order valence-corrected chi connectivity index (χ3v) is 2.38. The van der Waals surface area contributed by atoms with Crippen LogP contribution in [-0.2, 0) is 4.79 Å². The quantitative estimate of drug-likeness (QED) is 0.813. The van der Waals surface area contributed by atoms with Gasteiger partial charge in [-0.1, -0.05) is 18.2 Å². The molecule has 0 saturated heterocycles. The molecule has 1 aromatic carbocycles. The summed E-state index contributed by atoms with van der Waals surface area (Å²) in [6.07, 6.45) is 1.35. The maximum absolute atomic E-state index is 10.7. The van der Waals surface area contributed by atoms with Gasteiger partial charge in [-0.25, -0.2) is 4.79 Å². The van der Waals surface area contributed by atoms with E-state index in [1.165, 1.54) is 6.08 Å². The molecule has 2 N–H and O–H groups in total. The Bertz CT molecular complexity index is 352. The van der Waals surface area contributed by atoms with Crippen molar-refractivity contribution in [1.29, 1.82) is 0 Å². The molecular weight excluding hydrogens is 246 g/mol. The molecule has 74 valence electrons. The normalized spacial score (nSPS) is 11.8. The zero-order chi connectivity index (χ0) is 10.6. The van der Waals surface area contributed by atoms with E-state index in [4.69, 9.17) is 5.11 Å². The summed E-state index contributed by atoms with van der Waals surface area (Å²) >= 11 is 3.31. The lowest BCUT2D eigenvalue weighted by molar-refractivity contribution is -0.136. The largest absolute Gasteiger partial charge is 0.479 e. The minimum Gasteiger partial charge on any atom is -0.479 e. The molecule has 14 heavy (non-hydrogen) atoms. The van der Waals surface area contributed by atoms with Crippen LogP contribution in [0.4, 0.5) is 5.69 Å². The van der Waals surface area contributed by atoms with Gasteiger partial charge in [-0.05, 0) is 28.1 Å². The van der Waals surface area contributed by atoms with Crippen LogP contribution in [0.1, 0.15) is 0 Å². The Morgan fingerprint density at radius 1 is 1.57 bits per heavy atom. The topological polar surface area (TPSA) is 49.3 Å². The number of hydrogen-bond acceptors (Lipinski definition) is 2. The van der Waals surface area contributed by atoms with Crippen molar-refractivity contribution in [3.8, 4) is 0 Å². The molecule has 1 aromatic rings. The number of carbonyl (C=O) groups is 1. The van der Waals surface area contributed by atoms with Gasteiger partial charge in [0.1, 0.15) is 6.04 Å². The summed E-state index contributed by atoms with van der Waals surface area (Å²) in [5.74, 6) is -0.948. The Labute approximate surface area is 90.6 Å². The minimum atomic E-state index is -0.948. The SMILES string of the molecule is C=CC(Nc1ccccc1Br)C(=O)O. The zero-order valence-electron chi connectivity index (χ0n) is 7.40. The molecular formula is C10H10BrNO2. The van der Waals surface area contributed by atoms with Crippen molar-refractivity contribution in [1.82, 2.24) is 0 Å². The zero-order valence-corrected chi connectivity index (χ0v) is 8.99. The van der Waals surface area contributed by atoms with Gasteiger partial charge in [-0.15, -0.1) is 6.58 Å². The first kappa shape index (κ1) is 10.8. The first-order chi connectivity index (χ1) is 6.65. The molecule has 1 unspecified atom stereocenters. The maximum atomic E-state index is 10.7. The van der Waals surface area contributed by atoms with Crippen molar-refractivity contribution in [2.75, 3.05) is 5.32 Å². The van der Waals surface area contributed by atoms with Gasteiger partial charge in [0, 0.05) is 10.2 Å². The molecule has 0 aliphatic rings. The first-order valence-corrected chi connectivity index (χ1v) is 4.81. The monoisotopic (exact) mass is 255 g/mol. The average molecular weight is 256 g/mol. The van der Waals surface area contributed by atoms with Gasteiger partial charge in [0.2, 0.25) is 0 Å². The lowest BCUT2D eigenvalue weighted by Crippen LogP contribution is -2.26. The van der Waals surface area contributed by atoms with E-state index in [2.05, 4.69) is 27.8 Å². The van der Waals surface area contributed by atoms with Gasteiger partial charge < -0.3 is 10.4 Å². The van der Waals surface area contributed by atoms with Gasteiger partial charge in [0.05, 0.1) is 0 Å². The molecule has 4 heteroatoms. The number of carboxylic acid groups (broad SMARTS) is 1.